The molecule has 0 atom stereocenters. The van der Waals surface area contributed by atoms with Crippen LogP contribution in [0.2, 0.25) is 0 Å². The molecule has 3 heteroatoms. The predicted molar refractivity (Wildman–Crippen MR) is 49.7 cm³/mol. The van der Waals surface area contributed by atoms with E-state index in [1.165, 1.54) is 0 Å². The first-order valence-electron chi connectivity index (χ1n) is 4.73. The lowest BCUT2D eigenvalue weighted by molar-refractivity contribution is -0.00832. The highest BCUT2D eigenvalue weighted by Gasteiger charge is 2.66. The summed E-state index contributed by atoms with van der Waals surface area (Å²) in [6.45, 7) is 7.65. The highest BCUT2D eigenvalue weighted by Crippen LogP contribution is 2.70. The minimum atomic E-state index is -2.68. The molecule has 0 radical (unpaired) electrons. The summed E-state index contributed by atoms with van der Waals surface area (Å²) in [6.07, 6.45) is -0.0660. The van der Waals surface area contributed by atoms with Gasteiger partial charge in [-0.1, -0.05) is 27.7 Å². The van der Waals surface area contributed by atoms with Gasteiger partial charge in [-0.05, 0) is 16.7 Å². The van der Waals surface area contributed by atoms with Crippen molar-refractivity contribution in [2.45, 2.75) is 40.0 Å². The lowest BCUT2D eigenvalue weighted by Crippen LogP contribution is -2.29. The summed E-state index contributed by atoms with van der Waals surface area (Å²) in [5.41, 5.74) is 5.08. The van der Waals surface area contributed by atoms with Crippen molar-refractivity contribution in [3.05, 3.63) is 0 Å². The normalized spacial score (nSPS) is 26.1. The van der Waals surface area contributed by atoms with Gasteiger partial charge >= 0.3 is 0 Å². The van der Waals surface area contributed by atoms with Crippen LogP contribution in [0, 0.1) is 16.7 Å². The molecule has 0 bridgehead atoms. The Morgan fingerprint density at radius 3 is 1.77 bits per heavy atom. The van der Waals surface area contributed by atoms with Crippen molar-refractivity contribution in [3.8, 4) is 0 Å². The molecule has 1 nitrogen and oxygen atoms in total. The van der Waals surface area contributed by atoms with Gasteiger partial charge in [0.05, 0.1) is 6.54 Å². The van der Waals surface area contributed by atoms with E-state index in [2.05, 4.69) is 0 Å². The van der Waals surface area contributed by atoms with Gasteiger partial charge in [-0.3, -0.25) is 0 Å². The standard InChI is InChI=1S/C10H19F2N/c1-8(2)7(9(8,3)4)5-10(11,12)6-13/h7H,5-6,13H2,1-4H3. The lowest BCUT2D eigenvalue weighted by atomic mass is 10.0. The number of rotatable bonds is 3. The van der Waals surface area contributed by atoms with Crippen molar-refractivity contribution in [1.29, 1.82) is 0 Å². The molecule has 0 spiro atoms. The fourth-order valence-corrected chi connectivity index (χ4v) is 2.23. The molecule has 1 rings (SSSR count). The van der Waals surface area contributed by atoms with E-state index >= 15 is 0 Å². The Morgan fingerprint density at radius 2 is 1.54 bits per heavy atom. The maximum absolute atomic E-state index is 13.0. The number of alkyl halides is 2. The second kappa shape index (κ2) is 2.66. The van der Waals surface area contributed by atoms with Gasteiger partial charge in [-0.15, -0.1) is 0 Å². The first-order chi connectivity index (χ1) is 5.65. The molecule has 1 aliphatic rings. The summed E-state index contributed by atoms with van der Waals surface area (Å²) in [7, 11) is 0. The monoisotopic (exact) mass is 191 g/mol. The highest BCUT2D eigenvalue weighted by atomic mass is 19.3. The molecule has 1 aliphatic carbocycles. The van der Waals surface area contributed by atoms with Crippen molar-refractivity contribution in [2.24, 2.45) is 22.5 Å². The van der Waals surface area contributed by atoms with E-state index in [0.717, 1.165) is 0 Å². The Morgan fingerprint density at radius 1 is 1.15 bits per heavy atom. The van der Waals surface area contributed by atoms with Gasteiger partial charge in [0.2, 0.25) is 0 Å². The predicted octanol–water partition coefficient (Wildman–Crippen LogP) is 2.65. The molecular weight excluding hydrogens is 172 g/mol. The lowest BCUT2D eigenvalue weighted by Gasteiger charge is -2.14. The van der Waals surface area contributed by atoms with E-state index in [-0.39, 0.29) is 23.2 Å². The maximum Gasteiger partial charge on any atom is 0.260 e. The fourth-order valence-electron chi connectivity index (χ4n) is 2.23. The number of hydrogen-bond acceptors (Lipinski definition) is 1. The Kier molecular flexibility index (Phi) is 2.23. The average Bonchev–Trinajstić information content (AvgIpc) is 2.33. The molecule has 0 aromatic carbocycles. The maximum atomic E-state index is 13.0. The molecule has 0 aromatic heterocycles. The molecule has 78 valence electrons. The molecule has 13 heavy (non-hydrogen) atoms. The molecule has 1 fully saturated rings. The number of halogens is 2. The van der Waals surface area contributed by atoms with Crippen LogP contribution >= 0.6 is 0 Å². The second-order valence-electron chi connectivity index (χ2n) is 5.26. The van der Waals surface area contributed by atoms with Gasteiger partial charge in [-0.25, -0.2) is 8.78 Å². The SMILES string of the molecule is CC1(C)C(CC(F)(F)CN)C1(C)C. The topological polar surface area (TPSA) is 26.0 Å². The highest BCUT2D eigenvalue weighted by molar-refractivity contribution is 5.13. The fraction of sp³-hybridized carbons (Fsp3) is 1.00. The molecule has 0 saturated heterocycles. The first-order valence-corrected chi connectivity index (χ1v) is 4.73. The van der Waals surface area contributed by atoms with Gasteiger partial charge in [0.15, 0.2) is 0 Å². The van der Waals surface area contributed by atoms with Gasteiger partial charge < -0.3 is 5.73 Å². The Hall–Kier alpha value is -0.180. The third-order valence-corrected chi connectivity index (χ3v) is 4.12. The first kappa shape index (κ1) is 10.9. The van der Waals surface area contributed by atoms with Gasteiger partial charge in [0, 0.05) is 6.42 Å². The molecule has 0 aliphatic heterocycles. The summed E-state index contributed by atoms with van der Waals surface area (Å²) >= 11 is 0. The largest absolute Gasteiger partial charge is 0.325 e. The number of nitrogens with two attached hydrogens (primary N) is 1. The number of hydrogen-bond donors (Lipinski definition) is 1. The van der Waals surface area contributed by atoms with Crippen LogP contribution < -0.4 is 5.73 Å². The molecule has 1 saturated carbocycles. The Balaban J connectivity index is 2.61. The minimum absolute atomic E-state index is 0.0333. The van der Waals surface area contributed by atoms with Crippen molar-refractivity contribution in [1.82, 2.24) is 0 Å². The molecular formula is C10H19F2N. The van der Waals surface area contributed by atoms with E-state index in [9.17, 15) is 8.78 Å². The molecule has 0 heterocycles. The van der Waals surface area contributed by atoms with E-state index in [1.807, 2.05) is 27.7 Å². The minimum Gasteiger partial charge on any atom is -0.325 e. The third-order valence-electron chi connectivity index (χ3n) is 4.12. The van der Waals surface area contributed by atoms with E-state index < -0.39 is 12.5 Å². The smallest absolute Gasteiger partial charge is 0.260 e. The van der Waals surface area contributed by atoms with Crippen molar-refractivity contribution in [2.75, 3.05) is 6.54 Å². The van der Waals surface area contributed by atoms with Crippen LogP contribution in [-0.4, -0.2) is 12.5 Å². The van der Waals surface area contributed by atoms with Crippen LogP contribution in [-0.2, 0) is 0 Å². The zero-order chi connectivity index (χ0) is 10.5. The molecule has 0 aromatic rings. The zero-order valence-corrected chi connectivity index (χ0v) is 8.82. The molecule has 0 amide bonds. The summed E-state index contributed by atoms with van der Waals surface area (Å²) in [4.78, 5) is 0. The van der Waals surface area contributed by atoms with Gasteiger partial charge in [0.1, 0.15) is 0 Å². The summed E-state index contributed by atoms with van der Waals surface area (Å²) in [6, 6.07) is 0. The van der Waals surface area contributed by atoms with Crippen LogP contribution in [0.5, 0.6) is 0 Å². The van der Waals surface area contributed by atoms with Gasteiger partial charge in [-0.2, -0.15) is 0 Å². The van der Waals surface area contributed by atoms with Crippen LogP contribution in [0.25, 0.3) is 0 Å². The van der Waals surface area contributed by atoms with Crippen LogP contribution in [0.15, 0.2) is 0 Å². The Bertz CT molecular complexity index is 195. The second-order valence-corrected chi connectivity index (χ2v) is 5.26. The van der Waals surface area contributed by atoms with Gasteiger partial charge in [0.25, 0.3) is 5.92 Å². The van der Waals surface area contributed by atoms with E-state index in [1.54, 1.807) is 0 Å². The van der Waals surface area contributed by atoms with Crippen LogP contribution in [0.4, 0.5) is 8.78 Å². The third kappa shape index (κ3) is 1.58. The zero-order valence-electron chi connectivity index (χ0n) is 8.82. The van der Waals surface area contributed by atoms with Crippen LogP contribution in [0.3, 0.4) is 0 Å². The Labute approximate surface area is 78.7 Å². The summed E-state index contributed by atoms with van der Waals surface area (Å²) < 4.78 is 26.0. The molecule has 0 unspecified atom stereocenters. The average molecular weight is 191 g/mol. The van der Waals surface area contributed by atoms with Crippen molar-refractivity contribution >= 4 is 0 Å². The summed E-state index contributed by atoms with van der Waals surface area (Å²) in [5.74, 6) is -2.59. The van der Waals surface area contributed by atoms with Crippen molar-refractivity contribution < 1.29 is 8.78 Å². The summed E-state index contributed by atoms with van der Waals surface area (Å²) in [5, 5.41) is 0. The van der Waals surface area contributed by atoms with Crippen LogP contribution in [0.1, 0.15) is 34.1 Å². The quantitative estimate of drug-likeness (QED) is 0.729. The van der Waals surface area contributed by atoms with E-state index in [4.69, 9.17) is 5.73 Å². The van der Waals surface area contributed by atoms with Crippen molar-refractivity contribution in [3.63, 3.8) is 0 Å². The molecule has 2 N–H and O–H groups in total. The van der Waals surface area contributed by atoms with E-state index in [0.29, 0.717) is 0 Å².